The molecule has 2 aliphatic carbocycles. The number of aliphatic hydroxyl groups is 1. The van der Waals surface area contributed by atoms with Crippen LogP contribution in [0.5, 0.6) is 0 Å². The molecule has 0 heterocycles. The van der Waals surface area contributed by atoms with Crippen LogP contribution in [-0.2, 0) is 0 Å². The standard InChI is InChI=1S/C10H16F2O/c11-10(12)4-3-7(6-10)5-8-1-2-9(8)13/h7-9,13H,1-6H2. The Morgan fingerprint density at radius 1 is 1.23 bits per heavy atom. The second-order valence-electron chi connectivity index (χ2n) is 4.61. The van der Waals surface area contributed by atoms with Gasteiger partial charge in [-0.05, 0) is 37.5 Å². The van der Waals surface area contributed by atoms with Crippen LogP contribution in [0.15, 0.2) is 0 Å². The van der Waals surface area contributed by atoms with E-state index in [-0.39, 0.29) is 24.9 Å². The summed E-state index contributed by atoms with van der Waals surface area (Å²) in [6.07, 6.45) is 3.27. The topological polar surface area (TPSA) is 20.2 Å². The van der Waals surface area contributed by atoms with Gasteiger partial charge < -0.3 is 5.11 Å². The molecular formula is C10H16F2O. The van der Waals surface area contributed by atoms with Crippen LogP contribution in [0.3, 0.4) is 0 Å². The molecule has 0 spiro atoms. The maximum Gasteiger partial charge on any atom is 0.248 e. The molecule has 0 aromatic heterocycles. The lowest BCUT2D eigenvalue weighted by molar-refractivity contribution is -0.00878. The molecule has 2 fully saturated rings. The molecule has 0 radical (unpaired) electrons. The van der Waals surface area contributed by atoms with Crippen molar-refractivity contribution in [2.45, 2.75) is 50.6 Å². The molecule has 2 saturated carbocycles. The van der Waals surface area contributed by atoms with Gasteiger partial charge in [0.25, 0.3) is 0 Å². The predicted molar refractivity (Wildman–Crippen MR) is 45.6 cm³/mol. The highest BCUT2D eigenvalue weighted by atomic mass is 19.3. The summed E-state index contributed by atoms with van der Waals surface area (Å²) in [7, 11) is 0. The van der Waals surface area contributed by atoms with E-state index in [1.165, 1.54) is 0 Å². The lowest BCUT2D eigenvalue weighted by Crippen LogP contribution is -2.32. The fourth-order valence-electron chi connectivity index (χ4n) is 2.50. The van der Waals surface area contributed by atoms with Crippen molar-refractivity contribution < 1.29 is 13.9 Å². The lowest BCUT2D eigenvalue weighted by Gasteiger charge is -2.34. The third-order valence-corrected chi connectivity index (χ3v) is 3.52. The first-order chi connectivity index (χ1) is 6.07. The number of alkyl halides is 2. The molecule has 1 nitrogen and oxygen atoms in total. The SMILES string of the molecule is OC1CCC1CC1CCC(F)(F)C1. The first-order valence-corrected chi connectivity index (χ1v) is 5.13. The molecule has 0 bridgehead atoms. The number of hydrogen-bond donors (Lipinski definition) is 1. The third-order valence-electron chi connectivity index (χ3n) is 3.52. The van der Waals surface area contributed by atoms with Crippen molar-refractivity contribution in [3.8, 4) is 0 Å². The van der Waals surface area contributed by atoms with Crippen molar-refractivity contribution in [1.29, 1.82) is 0 Å². The van der Waals surface area contributed by atoms with Gasteiger partial charge in [-0.15, -0.1) is 0 Å². The first kappa shape index (κ1) is 9.38. The van der Waals surface area contributed by atoms with Gasteiger partial charge in [0.1, 0.15) is 0 Å². The molecule has 0 aromatic rings. The van der Waals surface area contributed by atoms with Crippen LogP contribution in [0.4, 0.5) is 8.78 Å². The predicted octanol–water partition coefficient (Wildman–Crippen LogP) is 2.58. The van der Waals surface area contributed by atoms with Crippen LogP contribution in [0.2, 0.25) is 0 Å². The van der Waals surface area contributed by atoms with E-state index in [0.717, 1.165) is 19.3 Å². The van der Waals surface area contributed by atoms with E-state index in [2.05, 4.69) is 0 Å². The van der Waals surface area contributed by atoms with E-state index in [9.17, 15) is 13.9 Å². The van der Waals surface area contributed by atoms with Crippen molar-refractivity contribution >= 4 is 0 Å². The molecule has 0 aromatic carbocycles. The van der Waals surface area contributed by atoms with Crippen LogP contribution >= 0.6 is 0 Å². The monoisotopic (exact) mass is 190 g/mol. The van der Waals surface area contributed by atoms with E-state index in [4.69, 9.17) is 0 Å². The Kier molecular flexibility index (Phi) is 2.30. The molecule has 2 aliphatic rings. The molecule has 2 rings (SSSR count). The van der Waals surface area contributed by atoms with Gasteiger partial charge in [-0.1, -0.05) is 0 Å². The zero-order chi connectivity index (χ0) is 9.47. The highest BCUT2D eigenvalue weighted by Gasteiger charge is 2.41. The van der Waals surface area contributed by atoms with Crippen molar-refractivity contribution in [2.24, 2.45) is 11.8 Å². The maximum atomic E-state index is 12.8. The van der Waals surface area contributed by atoms with Crippen LogP contribution in [0.1, 0.15) is 38.5 Å². The number of aliphatic hydroxyl groups excluding tert-OH is 1. The van der Waals surface area contributed by atoms with E-state index >= 15 is 0 Å². The minimum absolute atomic E-state index is 0.0518. The molecule has 76 valence electrons. The number of halogens is 2. The van der Waals surface area contributed by atoms with Crippen LogP contribution in [0.25, 0.3) is 0 Å². The Labute approximate surface area is 77.1 Å². The van der Waals surface area contributed by atoms with Crippen molar-refractivity contribution in [1.82, 2.24) is 0 Å². The average molecular weight is 190 g/mol. The largest absolute Gasteiger partial charge is 0.393 e. The highest BCUT2D eigenvalue weighted by Crippen LogP contribution is 2.44. The molecule has 13 heavy (non-hydrogen) atoms. The Hall–Kier alpha value is -0.180. The fraction of sp³-hybridized carbons (Fsp3) is 1.00. The molecule has 0 aliphatic heterocycles. The molecule has 3 unspecified atom stereocenters. The van der Waals surface area contributed by atoms with Crippen LogP contribution in [-0.4, -0.2) is 17.1 Å². The van der Waals surface area contributed by atoms with Crippen LogP contribution in [0, 0.1) is 11.8 Å². The minimum atomic E-state index is -2.42. The molecular weight excluding hydrogens is 174 g/mol. The van der Waals surface area contributed by atoms with Crippen molar-refractivity contribution in [3.05, 3.63) is 0 Å². The van der Waals surface area contributed by atoms with Gasteiger partial charge in [-0.2, -0.15) is 0 Å². The van der Waals surface area contributed by atoms with Gasteiger partial charge in [0.2, 0.25) is 5.92 Å². The second kappa shape index (κ2) is 3.19. The fourth-order valence-corrected chi connectivity index (χ4v) is 2.50. The van der Waals surface area contributed by atoms with E-state index in [0.29, 0.717) is 12.3 Å². The van der Waals surface area contributed by atoms with E-state index in [1.54, 1.807) is 0 Å². The normalized spacial score (nSPS) is 43.2. The number of hydrogen-bond acceptors (Lipinski definition) is 1. The van der Waals surface area contributed by atoms with Crippen molar-refractivity contribution in [3.63, 3.8) is 0 Å². The van der Waals surface area contributed by atoms with E-state index in [1.807, 2.05) is 0 Å². The zero-order valence-corrected chi connectivity index (χ0v) is 7.68. The summed E-state index contributed by atoms with van der Waals surface area (Å²) in [5.41, 5.74) is 0. The molecule has 1 N–H and O–H groups in total. The summed E-state index contributed by atoms with van der Waals surface area (Å²) >= 11 is 0. The van der Waals surface area contributed by atoms with Gasteiger partial charge in [-0.3, -0.25) is 0 Å². The van der Waals surface area contributed by atoms with E-state index < -0.39 is 5.92 Å². The van der Waals surface area contributed by atoms with Gasteiger partial charge in [0, 0.05) is 12.8 Å². The van der Waals surface area contributed by atoms with Crippen LogP contribution < -0.4 is 0 Å². The molecule has 3 heteroatoms. The second-order valence-corrected chi connectivity index (χ2v) is 4.61. The third kappa shape index (κ3) is 2.01. The first-order valence-electron chi connectivity index (χ1n) is 5.13. The summed E-state index contributed by atoms with van der Waals surface area (Å²) in [5.74, 6) is -1.94. The molecule has 0 saturated heterocycles. The zero-order valence-electron chi connectivity index (χ0n) is 7.68. The van der Waals surface area contributed by atoms with Crippen molar-refractivity contribution in [2.75, 3.05) is 0 Å². The Bertz CT molecular complexity index is 193. The minimum Gasteiger partial charge on any atom is -0.393 e. The Morgan fingerprint density at radius 3 is 2.38 bits per heavy atom. The number of rotatable bonds is 2. The average Bonchev–Trinajstić information content (AvgIpc) is 2.39. The maximum absolute atomic E-state index is 12.8. The van der Waals surface area contributed by atoms with Gasteiger partial charge in [0.05, 0.1) is 6.10 Å². The van der Waals surface area contributed by atoms with Gasteiger partial charge in [-0.25, -0.2) is 8.78 Å². The summed E-state index contributed by atoms with van der Waals surface area (Å²) in [4.78, 5) is 0. The smallest absolute Gasteiger partial charge is 0.248 e. The molecule has 0 amide bonds. The Balaban J connectivity index is 1.77. The van der Waals surface area contributed by atoms with Gasteiger partial charge >= 0.3 is 0 Å². The molecule has 3 atom stereocenters. The highest BCUT2D eigenvalue weighted by molar-refractivity contribution is 4.87. The lowest BCUT2D eigenvalue weighted by atomic mass is 9.76. The van der Waals surface area contributed by atoms with Gasteiger partial charge in [0.15, 0.2) is 0 Å². The quantitative estimate of drug-likeness (QED) is 0.709. The summed E-state index contributed by atoms with van der Waals surface area (Å²) in [5, 5.41) is 9.31. The summed E-state index contributed by atoms with van der Waals surface area (Å²) < 4.78 is 25.6. The Morgan fingerprint density at radius 2 is 2.00 bits per heavy atom. The summed E-state index contributed by atoms with van der Waals surface area (Å²) in [6.45, 7) is 0. The summed E-state index contributed by atoms with van der Waals surface area (Å²) in [6, 6.07) is 0.